The quantitative estimate of drug-likeness (QED) is 0.0484. The molecular formula is C38H47N11O5. The number of aromatic nitrogens is 5. The maximum absolute atomic E-state index is 14.2. The summed E-state index contributed by atoms with van der Waals surface area (Å²) in [6.45, 7) is 2.22. The van der Waals surface area contributed by atoms with E-state index in [1.165, 1.54) is 12.5 Å². The van der Waals surface area contributed by atoms with Gasteiger partial charge in [0.05, 0.1) is 25.2 Å². The van der Waals surface area contributed by atoms with Crippen molar-refractivity contribution in [1.82, 2.24) is 51.5 Å². The molecule has 284 valence electrons. The molecule has 0 unspecified atom stereocenters. The molecular weight excluding hydrogens is 690 g/mol. The summed E-state index contributed by atoms with van der Waals surface area (Å²) in [4.78, 5) is 84.4. The van der Waals surface area contributed by atoms with E-state index in [2.05, 4.69) is 58.4 Å². The molecule has 3 heterocycles. The molecule has 0 fully saturated rings. The molecule has 54 heavy (non-hydrogen) atoms. The van der Waals surface area contributed by atoms with E-state index in [9.17, 15) is 24.0 Å². The van der Waals surface area contributed by atoms with Crippen LogP contribution in [0.5, 0.6) is 0 Å². The van der Waals surface area contributed by atoms with E-state index in [0.29, 0.717) is 18.7 Å². The Kier molecular flexibility index (Phi) is 14.1. The number of primary amides is 1. The minimum absolute atomic E-state index is 0.00664. The summed E-state index contributed by atoms with van der Waals surface area (Å²) < 4.78 is 0. The summed E-state index contributed by atoms with van der Waals surface area (Å²) in [6, 6.07) is 12.7. The Labute approximate surface area is 312 Å². The van der Waals surface area contributed by atoms with Crippen LogP contribution >= 0.6 is 0 Å². The van der Waals surface area contributed by atoms with Gasteiger partial charge in [0, 0.05) is 66.6 Å². The minimum Gasteiger partial charge on any atom is -0.368 e. The van der Waals surface area contributed by atoms with Crippen molar-refractivity contribution in [3.05, 3.63) is 108 Å². The lowest BCUT2D eigenvalue weighted by Gasteiger charge is -2.26. The van der Waals surface area contributed by atoms with Gasteiger partial charge in [-0.05, 0) is 30.2 Å². The fourth-order valence-corrected chi connectivity index (χ4v) is 6.06. The first-order chi connectivity index (χ1) is 26.2. The van der Waals surface area contributed by atoms with E-state index in [-0.39, 0.29) is 19.3 Å². The number of carbonyl (C=O) groups is 5. The van der Waals surface area contributed by atoms with Gasteiger partial charge in [0.2, 0.25) is 29.5 Å². The number of para-hydroxylation sites is 1. The zero-order chi connectivity index (χ0) is 38.3. The van der Waals surface area contributed by atoms with Gasteiger partial charge in [-0.15, -0.1) is 0 Å². The van der Waals surface area contributed by atoms with E-state index >= 15 is 0 Å². The second-order valence-electron chi connectivity index (χ2n) is 13.0. The first-order valence-corrected chi connectivity index (χ1v) is 17.9. The Morgan fingerprint density at radius 3 is 1.87 bits per heavy atom. The first kappa shape index (κ1) is 38.9. The van der Waals surface area contributed by atoms with Crippen molar-refractivity contribution >= 4 is 40.4 Å². The number of unbranched alkanes of at least 4 members (excludes halogenated alkanes) is 1. The molecule has 3 aromatic heterocycles. The predicted molar refractivity (Wildman–Crippen MR) is 201 cm³/mol. The van der Waals surface area contributed by atoms with Crippen LogP contribution in [0.25, 0.3) is 10.9 Å². The van der Waals surface area contributed by atoms with Crippen molar-refractivity contribution < 1.29 is 24.0 Å². The molecule has 5 rings (SSSR count). The van der Waals surface area contributed by atoms with Crippen molar-refractivity contribution in [3.63, 3.8) is 0 Å². The Morgan fingerprint density at radius 2 is 1.26 bits per heavy atom. The highest BCUT2D eigenvalue weighted by atomic mass is 16.2. The molecule has 10 N–H and O–H groups in total. The summed E-state index contributed by atoms with van der Waals surface area (Å²) in [5.74, 6) is -3.04. The van der Waals surface area contributed by atoms with E-state index in [1.54, 1.807) is 18.7 Å². The van der Waals surface area contributed by atoms with Gasteiger partial charge in [-0.3, -0.25) is 24.0 Å². The number of nitrogens with one attached hydrogen (secondary N) is 8. The van der Waals surface area contributed by atoms with Crippen molar-refractivity contribution in [2.75, 3.05) is 13.1 Å². The van der Waals surface area contributed by atoms with Crippen molar-refractivity contribution in [3.8, 4) is 0 Å². The summed E-state index contributed by atoms with van der Waals surface area (Å²) in [5, 5.41) is 15.2. The number of hydrogen-bond acceptors (Lipinski definition) is 8. The topological polar surface area (TPSA) is 245 Å². The normalized spacial score (nSPS) is 13.4. The smallest absolute Gasteiger partial charge is 0.243 e. The van der Waals surface area contributed by atoms with Crippen LogP contribution in [0.2, 0.25) is 0 Å². The lowest BCUT2D eigenvalue weighted by molar-refractivity contribution is -0.134. The standard InChI is InChI=1S/C38H47N11O5/c1-2-3-13-42-30(16-26-19-40-22-45-26)36(52)47-31(14-24-9-5-4-6-10-24)37(53)49-33(17-27-20-41-23-46-27)38(54)48-32(35(51)44-21-34(39)50)15-25-18-43-29-12-8-7-11-28(25)29/h4-12,18-20,22-23,30-33,42-43H,2-3,13-17,21H2,1H3,(H2,39,50)(H,40,45)(H,41,46)(H,44,51)(H,47,52)(H,48,54)(H,49,53)/t30-,31+,32-,33-/m0/s1. The van der Waals surface area contributed by atoms with Gasteiger partial charge < -0.3 is 47.3 Å². The fourth-order valence-electron chi connectivity index (χ4n) is 6.06. The molecule has 0 saturated heterocycles. The van der Waals surface area contributed by atoms with Crippen LogP contribution in [0.3, 0.4) is 0 Å². The molecule has 4 atom stereocenters. The number of amides is 5. The van der Waals surface area contributed by atoms with Crippen LogP contribution < -0.4 is 32.3 Å². The van der Waals surface area contributed by atoms with Crippen molar-refractivity contribution in [2.45, 2.75) is 69.6 Å². The maximum atomic E-state index is 14.2. The summed E-state index contributed by atoms with van der Waals surface area (Å²) in [7, 11) is 0. The maximum Gasteiger partial charge on any atom is 0.243 e. The molecule has 16 heteroatoms. The van der Waals surface area contributed by atoms with Gasteiger partial charge in [-0.1, -0.05) is 61.9 Å². The highest BCUT2D eigenvalue weighted by Crippen LogP contribution is 2.19. The lowest BCUT2D eigenvalue weighted by Crippen LogP contribution is -2.59. The molecule has 0 aliphatic rings. The molecule has 0 saturated carbocycles. The van der Waals surface area contributed by atoms with Crippen LogP contribution in [-0.2, 0) is 49.7 Å². The Hall–Kier alpha value is -6.29. The summed E-state index contributed by atoms with van der Waals surface area (Å²) in [6.07, 6.45) is 10.2. The number of hydrogen-bond donors (Lipinski definition) is 9. The Morgan fingerprint density at radius 1 is 0.685 bits per heavy atom. The molecule has 2 aromatic carbocycles. The number of benzene rings is 2. The number of fused-ring (bicyclic) bond motifs is 1. The summed E-state index contributed by atoms with van der Waals surface area (Å²) >= 11 is 0. The molecule has 0 aliphatic heterocycles. The SMILES string of the molecule is CCCCN[C@@H](Cc1cnc[nH]1)C(=O)N[C@H](Cc1ccccc1)C(=O)N[C@@H](Cc1cnc[nH]1)C(=O)N[C@@H](Cc1c[nH]c2ccccc12)C(=O)NCC(N)=O. The van der Waals surface area contributed by atoms with Crippen molar-refractivity contribution in [1.29, 1.82) is 0 Å². The van der Waals surface area contributed by atoms with Crippen LogP contribution in [0.4, 0.5) is 0 Å². The minimum atomic E-state index is -1.20. The Bertz CT molecular complexity index is 1960. The molecule has 0 radical (unpaired) electrons. The van der Waals surface area contributed by atoms with E-state index in [0.717, 1.165) is 40.6 Å². The monoisotopic (exact) mass is 737 g/mol. The van der Waals surface area contributed by atoms with Crippen LogP contribution in [0.1, 0.15) is 42.3 Å². The average Bonchev–Trinajstić information content (AvgIpc) is 3.97. The average molecular weight is 738 g/mol. The third-order valence-electron chi connectivity index (χ3n) is 8.91. The highest BCUT2D eigenvalue weighted by molar-refractivity contribution is 5.96. The molecule has 0 aliphatic carbocycles. The van der Waals surface area contributed by atoms with Gasteiger partial charge in [-0.2, -0.15) is 0 Å². The number of rotatable bonds is 21. The van der Waals surface area contributed by atoms with Crippen molar-refractivity contribution in [2.24, 2.45) is 5.73 Å². The molecule has 5 amide bonds. The zero-order valence-corrected chi connectivity index (χ0v) is 30.1. The van der Waals surface area contributed by atoms with Gasteiger partial charge in [0.15, 0.2) is 0 Å². The predicted octanol–water partition coefficient (Wildman–Crippen LogP) is 0.699. The van der Waals surface area contributed by atoms with Crippen LogP contribution in [0, 0.1) is 0 Å². The van der Waals surface area contributed by atoms with Gasteiger partial charge in [-0.25, -0.2) is 9.97 Å². The second-order valence-corrected chi connectivity index (χ2v) is 13.0. The summed E-state index contributed by atoms with van der Waals surface area (Å²) in [5.41, 5.74) is 8.98. The number of H-pyrrole nitrogens is 3. The lowest BCUT2D eigenvalue weighted by atomic mass is 10.0. The van der Waals surface area contributed by atoms with Gasteiger partial charge in [0.1, 0.15) is 18.1 Å². The number of imidazole rings is 2. The largest absolute Gasteiger partial charge is 0.368 e. The molecule has 5 aromatic rings. The Balaban J connectivity index is 1.38. The van der Waals surface area contributed by atoms with Crippen LogP contribution in [0.15, 0.2) is 85.8 Å². The van der Waals surface area contributed by atoms with E-state index < -0.39 is 60.2 Å². The number of nitrogens with zero attached hydrogens (tertiary/aromatic N) is 2. The zero-order valence-electron chi connectivity index (χ0n) is 30.1. The number of nitrogens with two attached hydrogens (primary N) is 1. The first-order valence-electron chi connectivity index (χ1n) is 17.9. The van der Waals surface area contributed by atoms with Gasteiger partial charge in [0.25, 0.3) is 0 Å². The van der Waals surface area contributed by atoms with Crippen LogP contribution in [-0.4, -0.2) is 91.7 Å². The number of aromatic amines is 3. The fraction of sp³-hybridized carbons (Fsp3) is 0.342. The third-order valence-corrected chi connectivity index (χ3v) is 8.91. The molecule has 16 nitrogen and oxygen atoms in total. The molecule has 0 spiro atoms. The second kappa shape index (κ2) is 19.5. The van der Waals surface area contributed by atoms with Gasteiger partial charge >= 0.3 is 0 Å². The highest BCUT2D eigenvalue weighted by Gasteiger charge is 2.32. The van der Waals surface area contributed by atoms with E-state index in [1.807, 2.05) is 54.6 Å². The van der Waals surface area contributed by atoms with E-state index in [4.69, 9.17) is 5.73 Å². The molecule has 0 bridgehead atoms. The number of carbonyl (C=O) groups excluding carboxylic acids is 5. The third kappa shape index (κ3) is 11.4.